The zero-order chi connectivity index (χ0) is 26.5. The number of rotatable bonds is 16. The molecule has 1 unspecified atom stereocenters. The molecule has 0 aromatic heterocycles. The van der Waals surface area contributed by atoms with Gasteiger partial charge in [0.2, 0.25) is 5.92 Å². The first-order chi connectivity index (χ1) is 16.3. The molecule has 7 nitrogen and oxygen atoms in total. The number of nitrogens with zero attached hydrogens (tertiary/aromatic N) is 1. The molecule has 2 amide bonds. The van der Waals surface area contributed by atoms with Crippen molar-refractivity contribution in [1.29, 1.82) is 0 Å². The van der Waals surface area contributed by atoms with Gasteiger partial charge >= 0.3 is 18.2 Å². The van der Waals surface area contributed by atoms with Gasteiger partial charge in [-0.3, -0.25) is 0 Å². The number of ether oxygens (including phenoxy) is 2. The van der Waals surface area contributed by atoms with E-state index in [1.54, 1.807) is 31.2 Å². The largest absolute Gasteiger partial charge is 0.492 e. The molecule has 1 aromatic carbocycles. The Balaban J connectivity index is 2.59. The van der Waals surface area contributed by atoms with E-state index in [1.807, 2.05) is 5.32 Å². The summed E-state index contributed by atoms with van der Waals surface area (Å²) in [5.74, 6) is -3.43. The summed E-state index contributed by atoms with van der Waals surface area (Å²) in [6, 6.07) is 5.64. The van der Waals surface area contributed by atoms with Crippen LogP contribution in [0.3, 0.4) is 0 Å². The maximum absolute atomic E-state index is 12.9. The van der Waals surface area contributed by atoms with Crippen LogP contribution in [0.25, 0.3) is 0 Å². The van der Waals surface area contributed by atoms with E-state index in [1.165, 1.54) is 0 Å². The minimum absolute atomic E-state index is 0.0114. The molecule has 2 N–H and O–H groups in total. The van der Waals surface area contributed by atoms with Crippen molar-refractivity contribution in [3.05, 3.63) is 29.8 Å². The van der Waals surface area contributed by atoms with Crippen LogP contribution in [-0.2, 0) is 16.0 Å². The lowest BCUT2D eigenvalue weighted by Crippen LogP contribution is -2.45. The highest BCUT2D eigenvalue weighted by atomic mass is 19.4. The number of hydrogen-bond acceptors (Lipinski definition) is 4. The average Bonchev–Trinajstić information content (AvgIpc) is 2.75. The number of alkyl halides is 5. The number of halogens is 5. The minimum atomic E-state index is -4.56. The number of carbonyl (C=O) groups is 2. The standard InChI is InChI=1S/C23H33F5N2O5/c1-3-34-19(20(31)32)15-17-7-9-18(10-8-17)35-14-13-30(21(33)29-16-23(26,27)28)12-6-4-5-11-22(2,24)25/h7-10,19H,3-6,11-16H2,1-2H3,(H,29,33)(H,31,32). The SMILES string of the molecule is CCOC(Cc1ccc(OCCN(CCCCCC(C)(F)F)C(=O)NCC(F)(F)F)cc1)C(=O)O. The predicted octanol–water partition coefficient (Wildman–Crippen LogP) is 4.89. The van der Waals surface area contributed by atoms with Crippen molar-refractivity contribution in [3.63, 3.8) is 0 Å². The highest BCUT2D eigenvalue weighted by Gasteiger charge is 2.29. The van der Waals surface area contributed by atoms with Crippen molar-refractivity contribution in [2.24, 2.45) is 0 Å². The molecule has 0 radical (unpaired) electrons. The Bertz CT molecular complexity index is 769. The topological polar surface area (TPSA) is 88.1 Å². The van der Waals surface area contributed by atoms with Gasteiger partial charge in [-0.15, -0.1) is 0 Å². The van der Waals surface area contributed by atoms with Gasteiger partial charge in [-0.2, -0.15) is 13.2 Å². The third kappa shape index (κ3) is 14.4. The minimum Gasteiger partial charge on any atom is -0.492 e. The first-order valence-corrected chi connectivity index (χ1v) is 11.3. The summed E-state index contributed by atoms with van der Waals surface area (Å²) in [4.78, 5) is 24.5. The number of benzene rings is 1. The molecule has 0 aliphatic rings. The number of nitrogens with one attached hydrogen (secondary N) is 1. The highest BCUT2D eigenvalue weighted by Crippen LogP contribution is 2.20. The molecule has 1 atom stereocenters. The normalized spacial score (nSPS) is 12.8. The molecule has 0 aliphatic carbocycles. The van der Waals surface area contributed by atoms with Crippen LogP contribution >= 0.6 is 0 Å². The summed E-state index contributed by atoms with van der Waals surface area (Å²) in [5.41, 5.74) is 0.712. The summed E-state index contributed by atoms with van der Waals surface area (Å²) in [6.07, 6.45) is -4.68. The molecule has 0 bridgehead atoms. The fraction of sp³-hybridized carbons (Fsp3) is 0.652. The van der Waals surface area contributed by atoms with Gasteiger partial charge in [0.25, 0.3) is 0 Å². The predicted molar refractivity (Wildman–Crippen MR) is 119 cm³/mol. The van der Waals surface area contributed by atoms with Gasteiger partial charge in [0.05, 0.1) is 6.54 Å². The van der Waals surface area contributed by atoms with E-state index in [2.05, 4.69) is 0 Å². The lowest BCUT2D eigenvalue weighted by molar-refractivity contribution is -0.150. The summed E-state index contributed by atoms with van der Waals surface area (Å²) in [6.45, 7) is 1.36. The van der Waals surface area contributed by atoms with Gasteiger partial charge in [-0.1, -0.05) is 18.6 Å². The summed E-state index contributed by atoms with van der Waals surface area (Å²) in [7, 11) is 0. The number of carboxylic acid groups (broad SMARTS) is 1. The van der Waals surface area contributed by atoms with Crippen LogP contribution in [0.2, 0.25) is 0 Å². The monoisotopic (exact) mass is 512 g/mol. The maximum atomic E-state index is 12.9. The third-order valence-corrected chi connectivity index (χ3v) is 4.89. The highest BCUT2D eigenvalue weighted by molar-refractivity contribution is 5.74. The van der Waals surface area contributed by atoms with Crippen molar-refractivity contribution in [2.45, 2.75) is 64.2 Å². The number of amides is 2. The molecular formula is C23H33F5N2O5. The Hall–Kier alpha value is -2.63. The maximum Gasteiger partial charge on any atom is 0.405 e. The Morgan fingerprint density at radius 2 is 1.71 bits per heavy atom. The lowest BCUT2D eigenvalue weighted by Gasteiger charge is -2.24. The van der Waals surface area contributed by atoms with E-state index in [9.17, 15) is 31.5 Å². The molecule has 0 saturated heterocycles. The Labute approximate surface area is 201 Å². The van der Waals surface area contributed by atoms with Crippen LogP contribution in [0.1, 0.15) is 45.1 Å². The van der Waals surface area contributed by atoms with Crippen molar-refractivity contribution >= 4 is 12.0 Å². The number of carboxylic acids is 1. The van der Waals surface area contributed by atoms with Gasteiger partial charge in [0, 0.05) is 26.0 Å². The first-order valence-electron chi connectivity index (χ1n) is 11.3. The van der Waals surface area contributed by atoms with Crippen molar-refractivity contribution in [3.8, 4) is 5.75 Å². The number of hydrogen-bond donors (Lipinski definition) is 2. The molecule has 1 aromatic rings. The molecule has 35 heavy (non-hydrogen) atoms. The van der Waals surface area contributed by atoms with Crippen molar-refractivity contribution in [2.75, 3.05) is 32.8 Å². The van der Waals surface area contributed by atoms with Gasteiger partial charge < -0.3 is 24.8 Å². The molecule has 200 valence electrons. The van der Waals surface area contributed by atoms with E-state index in [0.717, 1.165) is 11.8 Å². The summed E-state index contributed by atoms with van der Waals surface area (Å²) < 4.78 is 73.9. The van der Waals surface area contributed by atoms with Gasteiger partial charge in [0.15, 0.2) is 6.10 Å². The Morgan fingerprint density at radius 3 is 2.26 bits per heavy atom. The van der Waals surface area contributed by atoms with Gasteiger partial charge in [0.1, 0.15) is 18.9 Å². The lowest BCUT2D eigenvalue weighted by atomic mass is 10.1. The van der Waals surface area contributed by atoms with Crippen LogP contribution < -0.4 is 10.1 Å². The van der Waals surface area contributed by atoms with Crippen LogP contribution in [0, 0.1) is 0 Å². The second kappa shape index (κ2) is 14.7. The van der Waals surface area contributed by atoms with E-state index in [-0.39, 0.29) is 45.6 Å². The molecule has 0 fully saturated rings. The zero-order valence-electron chi connectivity index (χ0n) is 19.9. The second-order valence-electron chi connectivity index (χ2n) is 8.12. The third-order valence-electron chi connectivity index (χ3n) is 4.89. The number of urea groups is 1. The van der Waals surface area contributed by atoms with E-state index < -0.39 is 36.7 Å². The molecule has 0 spiro atoms. The number of aliphatic carboxylic acids is 1. The van der Waals surface area contributed by atoms with Crippen LogP contribution in [0.5, 0.6) is 5.75 Å². The van der Waals surface area contributed by atoms with Crippen LogP contribution in [0.15, 0.2) is 24.3 Å². The number of carbonyl (C=O) groups excluding carboxylic acids is 1. The Kier molecular flexibility index (Phi) is 12.8. The fourth-order valence-corrected chi connectivity index (χ4v) is 3.15. The Morgan fingerprint density at radius 1 is 1.06 bits per heavy atom. The van der Waals surface area contributed by atoms with E-state index in [4.69, 9.17) is 14.6 Å². The molecular weight excluding hydrogens is 479 g/mol. The van der Waals surface area contributed by atoms with E-state index in [0.29, 0.717) is 24.2 Å². The molecule has 0 aliphatic heterocycles. The molecule has 1 rings (SSSR count). The number of unbranched alkanes of at least 4 members (excludes halogenated alkanes) is 2. The molecule has 12 heteroatoms. The van der Waals surface area contributed by atoms with Gasteiger partial charge in [-0.05, 0) is 44.4 Å². The average molecular weight is 513 g/mol. The second-order valence-corrected chi connectivity index (χ2v) is 8.12. The first kappa shape index (κ1) is 30.4. The molecule has 0 heterocycles. The van der Waals surface area contributed by atoms with E-state index >= 15 is 0 Å². The summed E-state index contributed by atoms with van der Waals surface area (Å²) >= 11 is 0. The van der Waals surface area contributed by atoms with Crippen molar-refractivity contribution < 1.29 is 46.1 Å². The summed E-state index contributed by atoms with van der Waals surface area (Å²) in [5, 5.41) is 11.0. The fourth-order valence-electron chi connectivity index (χ4n) is 3.15. The van der Waals surface area contributed by atoms with Crippen LogP contribution in [-0.4, -0.2) is 73.1 Å². The molecule has 0 saturated carbocycles. The van der Waals surface area contributed by atoms with Crippen molar-refractivity contribution in [1.82, 2.24) is 10.2 Å². The smallest absolute Gasteiger partial charge is 0.405 e. The quantitative estimate of drug-likeness (QED) is 0.243. The zero-order valence-corrected chi connectivity index (χ0v) is 19.9. The van der Waals surface area contributed by atoms with Gasteiger partial charge in [-0.25, -0.2) is 18.4 Å². The van der Waals surface area contributed by atoms with Crippen LogP contribution in [0.4, 0.5) is 26.7 Å².